The molecule has 1 saturated heterocycles. The summed E-state index contributed by atoms with van der Waals surface area (Å²) in [6.45, 7) is 5.16. The molecule has 0 aromatic rings. The summed E-state index contributed by atoms with van der Waals surface area (Å²) in [7, 11) is 1.77. The van der Waals surface area contributed by atoms with Crippen LogP contribution in [0.15, 0.2) is 0 Å². The smallest absolute Gasteiger partial charge is 0.319 e. The van der Waals surface area contributed by atoms with E-state index in [0.29, 0.717) is 32.7 Å². The number of carboxylic acid groups (broad SMARTS) is 1. The quantitative estimate of drug-likeness (QED) is 0.725. The second-order valence-electron chi connectivity index (χ2n) is 3.95. The number of aliphatic carboxylic acids is 1. The first-order chi connectivity index (χ1) is 7.54. The summed E-state index contributed by atoms with van der Waals surface area (Å²) in [6, 6.07) is 0.0254. The summed E-state index contributed by atoms with van der Waals surface area (Å²) in [5.74, 6) is -0.814. The lowest BCUT2D eigenvalue weighted by atomic mass is 10.3. The molecule has 1 rings (SSSR count). The summed E-state index contributed by atoms with van der Waals surface area (Å²) in [6.07, 6.45) is 0. The van der Waals surface area contributed by atoms with Crippen molar-refractivity contribution >= 4 is 12.0 Å². The van der Waals surface area contributed by atoms with E-state index in [2.05, 4.69) is 0 Å². The van der Waals surface area contributed by atoms with E-state index in [1.54, 1.807) is 16.8 Å². The molecule has 0 saturated carbocycles. The third kappa shape index (κ3) is 3.37. The Labute approximate surface area is 95.4 Å². The van der Waals surface area contributed by atoms with Crippen LogP contribution in [-0.4, -0.2) is 78.1 Å². The first-order valence-electron chi connectivity index (χ1n) is 5.48. The molecule has 0 aromatic heterocycles. The van der Waals surface area contributed by atoms with E-state index in [1.807, 2.05) is 11.8 Å². The molecule has 1 aliphatic rings. The molecular weight excluding hydrogens is 210 g/mol. The molecule has 1 aliphatic heterocycles. The Balaban J connectivity index is 2.37. The molecule has 2 amide bonds. The van der Waals surface area contributed by atoms with Gasteiger partial charge in [-0.1, -0.05) is 0 Å². The molecular formula is C10H19N3O3. The van der Waals surface area contributed by atoms with Crippen LogP contribution in [0.25, 0.3) is 0 Å². The van der Waals surface area contributed by atoms with Crippen molar-refractivity contribution in [1.29, 1.82) is 0 Å². The molecule has 0 bridgehead atoms. The largest absolute Gasteiger partial charge is 0.480 e. The summed E-state index contributed by atoms with van der Waals surface area (Å²) in [5, 5.41) is 8.64. The average Bonchev–Trinajstić information content (AvgIpc) is 2.27. The zero-order valence-electron chi connectivity index (χ0n) is 9.85. The minimum Gasteiger partial charge on any atom is -0.480 e. The van der Waals surface area contributed by atoms with E-state index in [1.165, 1.54) is 0 Å². The number of piperazine rings is 1. The van der Waals surface area contributed by atoms with Crippen molar-refractivity contribution in [2.24, 2.45) is 0 Å². The van der Waals surface area contributed by atoms with Gasteiger partial charge in [0.1, 0.15) is 0 Å². The van der Waals surface area contributed by atoms with Crippen molar-refractivity contribution in [2.75, 3.05) is 46.3 Å². The highest BCUT2D eigenvalue weighted by atomic mass is 16.4. The third-order valence-electron chi connectivity index (χ3n) is 2.80. The van der Waals surface area contributed by atoms with Crippen molar-refractivity contribution in [3.8, 4) is 0 Å². The standard InChI is InChI=1S/C10H19N3O3/c1-3-11(2)10(16)13-6-4-12(5-7-13)8-9(14)15/h3-8H2,1-2H3,(H,14,15). The SMILES string of the molecule is CCN(C)C(=O)N1CCN(CC(=O)O)CC1. The van der Waals surface area contributed by atoms with Crippen molar-refractivity contribution in [3.63, 3.8) is 0 Å². The van der Waals surface area contributed by atoms with Crippen LogP contribution in [0.1, 0.15) is 6.92 Å². The van der Waals surface area contributed by atoms with Gasteiger partial charge >= 0.3 is 12.0 Å². The van der Waals surface area contributed by atoms with Crippen LogP contribution >= 0.6 is 0 Å². The third-order valence-corrected chi connectivity index (χ3v) is 2.80. The molecule has 6 nitrogen and oxygen atoms in total. The minimum absolute atomic E-state index is 0.0254. The molecule has 0 unspecified atom stereocenters. The van der Waals surface area contributed by atoms with Gasteiger partial charge in [0.2, 0.25) is 0 Å². The van der Waals surface area contributed by atoms with Crippen LogP contribution < -0.4 is 0 Å². The maximum atomic E-state index is 11.8. The van der Waals surface area contributed by atoms with Crippen molar-refractivity contribution in [2.45, 2.75) is 6.92 Å². The van der Waals surface area contributed by atoms with Crippen LogP contribution in [-0.2, 0) is 4.79 Å². The van der Waals surface area contributed by atoms with Gasteiger partial charge in [0.15, 0.2) is 0 Å². The number of carbonyl (C=O) groups excluding carboxylic acids is 1. The van der Waals surface area contributed by atoms with Gasteiger partial charge in [0, 0.05) is 39.8 Å². The van der Waals surface area contributed by atoms with E-state index in [4.69, 9.17) is 5.11 Å². The molecule has 0 atom stereocenters. The number of carboxylic acids is 1. The highest BCUT2D eigenvalue weighted by molar-refractivity contribution is 5.74. The van der Waals surface area contributed by atoms with Crippen molar-refractivity contribution in [1.82, 2.24) is 14.7 Å². The highest BCUT2D eigenvalue weighted by Gasteiger charge is 2.23. The molecule has 16 heavy (non-hydrogen) atoms. The predicted molar refractivity (Wildman–Crippen MR) is 59.3 cm³/mol. The van der Waals surface area contributed by atoms with Crippen LogP contribution in [0, 0.1) is 0 Å². The topological polar surface area (TPSA) is 64.1 Å². The maximum Gasteiger partial charge on any atom is 0.319 e. The van der Waals surface area contributed by atoms with Gasteiger partial charge in [-0.15, -0.1) is 0 Å². The number of carbonyl (C=O) groups is 2. The Kier molecular flexibility index (Phi) is 4.54. The van der Waals surface area contributed by atoms with Crippen molar-refractivity contribution in [3.05, 3.63) is 0 Å². The molecule has 92 valence electrons. The first kappa shape index (κ1) is 12.8. The Morgan fingerprint density at radius 1 is 1.25 bits per heavy atom. The van der Waals surface area contributed by atoms with Crippen LogP contribution in [0.5, 0.6) is 0 Å². The molecule has 1 N–H and O–H groups in total. The monoisotopic (exact) mass is 229 g/mol. The number of hydrogen-bond acceptors (Lipinski definition) is 3. The van der Waals surface area contributed by atoms with E-state index in [-0.39, 0.29) is 12.6 Å². The van der Waals surface area contributed by atoms with Gasteiger partial charge in [0.25, 0.3) is 0 Å². The van der Waals surface area contributed by atoms with Crippen molar-refractivity contribution < 1.29 is 14.7 Å². The average molecular weight is 229 g/mol. The Hall–Kier alpha value is -1.30. The Bertz CT molecular complexity index is 262. The molecule has 6 heteroatoms. The number of nitrogens with zero attached hydrogens (tertiary/aromatic N) is 3. The lowest BCUT2D eigenvalue weighted by molar-refractivity contribution is -0.138. The van der Waals surface area contributed by atoms with Gasteiger partial charge < -0.3 is 14.9 Å². The fourth-order valence-electron chi connectivity index (χ4n) is 1.67. The minimum atomic E-state index is -0.814. The number of rotatable bonds is 3. The van der Waals surface area contributed by atoms with Crippen LogP contribution in [0.3, 0.4) is 0 Å². The van der Waals surface area contributed by atoms with Crippen LogP contribution in [0.4, 0.5) is 4.79 Å². The molecule has 0 aliphatic carbocycles. The zero-order valence-corrected chi connectivity index (χ0v) is 9.85. The summed E-state index contributed by atoms with van der Waals surface area (Å²) in [4.78, 5) is 27.6. The number of urea groups is 1. The highest BCUT2D eigenvalue weighted by Crippen LogP contribution is 2.04. The molecule has 1 heterocycles. The van der Waals surface area contributed by atoms with E-state index in [0.717, 1.165) is 0 Å². The lowest BCUT2D eigenvalue weighted by Gasteiger charge is -2.35. The number of hydrogen-bond donors (Lipinski definition) is 1. The first-order valence-corrected chi connectivity index (χ1v) is 5.48. The normalized spacial score (nSPS) is 17.2. The molecule has 1 fully saturated rings. The van der Waals surface area contributed by atoms with Crippen LogP contribution in [0.2, 0.25) is 0 Å². The zero-order chi connectivity index (χ0) is 12.1. The van der Waals surface area contributed by atoms with E-state index >= 15 is 0 Å². The lowest BCUT2D eigenvalue weighted by Crippen LogP contribution is -2.52. The Morgan fingerprint density at radius 3 is 2.25 bits per heavy atom. The van der Waals surface area contributed by atoms with Gasteiger partial charge in [-0.05, 0) is 6.92 Å². The fourth-order valence-corrected chi connectivity index (χ4v) is 1.67. The molecule has 0 radical (unpaired) electrons. The number of amides is 2. The summed E-state index contributed by atoms with van der Waals surface area (Å²) < 4.78 is 0. The maximum absolute atomic E-state index is 11.8. The van der Waals surface area contributed by atoms with Gasteiger partial charge in [-0.3, -0.25) is 9.69 Å². The second kappa shape index (κ2) is 5.69. The predicted octanol–water partition coefficient (Wildman–Crippen LogP) is -0.240. The summed E-state index contributed by atoms with van der Waals surface area (Å²) in [5.41, 5.74) is 0. The molecule has 0 aromatic carbocycles. The van der Waals surface area contributed by atoms with Gasteiger partial charge in [-0.25, -0.2) is 4.79 Å². The molecule has 0 spiro atoms. The van der Waals surface area contributed by atoms with E-state index in [9.17, 15) is 9.59 Å². The van der Waals surface area contributed by atoms with E-state index < -0.39 is 5.97 Å². The summed E-state index contributed by atoms with van der Waals surface area (Å²) >= 11 is 0. The second-order valence-corrected chi connectivity index (χ2v) is 3.95. The van der Waals surface area contributed by atoms with Gasteiger partial charge in [-0.2, -0.15) is 0 Å². The van der Waals surface area contributed by atoms with Gasteiger partial charge in [0.05, 0.1) is 6.54 Å². The Morgan fingerprint density at radius 2 is 1.81 bits per heavy atom. The fraction of sp³-hybridized carbons (Fsp3) is 0.800.